The Labute approximate surface area is 122 Å². The van der Waals surface area contributed by atoms with Gasteiger partial charge in [0.1, 0.15) is 17.4 Å². The third-order valence-corrected chi connectivity index (χ3v) is 3.52. The first-order valence-corrected chi connectivity index (χ1v) is 6.68. The van der Waals surface area contributed by atoms with Crippen LogP contribution in [0.2, 0.25) is 0 Å². The second-order valence-corrected chi connectivity index (χ2v) is 4.84. The van der Waals surface area contributed by atoms with E-state index in [0.717, 1.165) is 27.9 Å². The number of nitrogens with zero attached hydrogens (tertiary/aromatic N) is 1. The molecule has 2 aromatic heterocycles. The van der Waals surface area contributed by atoms with E-state index in [9.17, 15) is 0 Å². The predicted octanol–water partition coefficient (Wildman–Crippen LogP) is 2.70. The summed E-state index contributed by atoms with van der Waals surface area (Å²) in [6, 6.07) is 11.5. The van der Waals surface area contributed by atoms with Crippen LogP contribution < -0.4 is 16.0 Å². The molecule has 3 N–H and O–H groups in total. The molecular formula is C16H17N3O2. The van der Waals surface area contributed by atoms with Crippen LogP contribution >= 0.6 is 0 Å². The van der Waals surface area contributed by atoms with E-state index in [4.69, 9.17) is 15.0 Å². The van der Waals surface area contributed by atoms with Gasteiger partial charge < -0.3 is 9.15 Å². The van der Waals surface area contributed by atoms with Crippen molar-refractivity contribution in [2.45, 2.75) is 13.0 Å². The summed E-state index contributed by atoms with van der Waals surface area (Å²) in [6.07, 6.45) is 1.68. The van der Waals surface area contributed by atoms with E-state index in [-0.39, 0.29) is 6.04 Å². The van der Waals surface area contributed by atoms with Crippen molar-refractivity contribution in [2.24, 2.45) is 5.84 Å². The van der Waals surface area contributed by atoms with Gasteiger partial charge in [0.15, 0.2) is 0 Å². The van der Waals surface area contributed by atoms with Crippen molar-refractivity contribution in [1.82, 2.24) is 10.4 Å². The molecule has 0 fully saturated rings. The number of hydrazine groups is 1. The molecule has 0 saturated carbocycles. The molecule has 108 valence electrons. The molecule has 0 amide bonds. The summed E-state index contributed by atoms with van der Waals surface area (Å²) in [5.41, 5.74) is 5.57. The fourth-order valence-electron chi connectivity index (χ4n) is 2.49. The minimum absolute atomic E-state index is 0.319. The van der Waals surface area contributed by atoms with Gasteiger partial charge in [0.2, 0.25) is 5.88 Å². The highest BCUT2D eigenvalue weighted by molar-refractivity contribution is 5.81. The Kier molecular flexibility index (Phi) is 3.60. The minimum Gasteiger partial charge on any atom is -0.481 e. The van der Waals surface area contributed by atoms with E-state index in [1.807, 2.05) is 43.3 Å². The van der Waals surface area contributed by atoms with Gasteiger partial charge in [0, 0.05) is 17.1 Å². The molecule has 3 aromatic rings. The zero-order chi connectivity index (χ0) is 14.8. The van der Waals surface area contributed by atoms with Gasteiger partial charge in [0.25, 0.3) is 0 Å². The maximum Gasteiger partial charge on any atom is 0.218 e. The van der Waals surface area contributed by atoms with Gasteiger partial charge in [-0.15, -0.1) is 0 Å². The highest BCUT2D eigenvalue weighted by Crippen LogP contribution is 2.32. The number of benzene rings is 1. The smallest absolute Gasteiger partial charge is 0.218 e. The predicted molar refractivity (Wildman–Crippen MR) is 80.9 cm³/mol. The van der Waals surface area contributed by atoms with Gasteiger partial charge in [-0.05, 0) is 30.7 Å². The first-order chi connectivity index (χ1) is 10.2. The molecule has 1 atom stereocenters. The number of para-hydroxylation sites is 1. The quantitative estimate of drug-likeness (QED) is 0.569. The average molecular weight is 283 g/mol. The van der Waals surface area contributed by atoms with Gasteiger partial charge in [0.05, 0.1) is 7.11 Å². The van der Waals surface area contributed by atoms with Crippen molar-refractivity contribution in [3.05, 3.63) is 59.5 Å². The Balaban J connectivity index is 2.12. The Hall–Kier alpha value is -2.37. The molecule has 1 unspecified atom stereocenters. The van der Waals surface area contributed by atoms with E-state index in [1.54, 1.807) is 13.3 Å². The van der Waals surface area contributed by atoms with Crippen LogP contribution in [0.5, 0.6) is 5.88 Å². The zero-order valence-corrected chi connectivity index (χ0v) is 12.0. The number of aromatic nitrogens is 1. The number of pyridine rings is 1. The van der Waals surface area contributed by atoms with Crippen LogP contribution in [0.25, 0.3) is 11.0 Å². The van der Waals surface area contributed by atoms with Crippen LogP contribution in [0.15, 0.2) is 47.0 Å². The van der Waals surface area contributed by atoms with Crippen molar-refractivity contribution < 1.29 is 9.15 Å². The molecule has 0 saturated heterocycles. The molecule has 0 aliphatic carbocycles. The lowest BCUT2D eigenvalue weighted by Gasteiger charge is -2.15. The summed E-state index contributed by atoms with van der Waals surface area (Å²) in [4.78, 5) is 4.20. The summed E-state index contributed by atoms with van der Waals surface area (Å²) in [5.74, 6) is 6.98. The van der Waals surface area contributed by atoms with Crippen molar-refractivity contribution in [1.29, 1.82) is 0 Å². The normalized spacial score (nSPS) is 12.5. The van der Waals surface area contributed by atoms with Gasteiger partial charge in [-0.2, -0.15) is 0 Å². The molecule has 0 aliphatic rings. The number of ether oxygens (including phenoxy) is 1. The fourth-order valence-corrected chi connectivity index (χ4v) is 2.49. The summed E-state index contributed by atoms with van der Waals surface area (Å²) in [6.45, 7) is 2.02. The first kappa shape index (κ1) is 13.6. The minimum atomic E-state index is -0.319. The molecular weight excluding hydrogens is 266 g/mol. The van der Waals surface area contributed by atoms with Crippen molar-refractivity contribution in [3.63, 3.8) is 0 Å². The third kappa shape index (κ3) is 2.37. The van der Waals surface area contributed by atoms with E-state index in [0.29, 0.717) is 5.88 Å². The number of rotatable bonds is 4. The van der Waals surface area contributed by atoms with Crippen molar-refractivity contribution in [3.8, 4) is 5.88 Å². The van der Waals surface area contributed by atoms with Gasteiger partial charge >= 0.3 is 0 Å². The van der Waals surface area contributed by atoms with E-state index in [1.165, 1.54) is 0 Å². The van der Waals surface area contributed by atoms with Crippen molar-refractivity contribution in [2.75, 3.05) is 7.11 Å². The Morgan fingerprint density at radius 1 is 1.29 bits per heavy atom. The SMILES string of the molecule is COc1ncccc1C(NN)c1cc2cccc(C)c2o1. The number of furan rings is 1. The number of hydrogen-bond donors (Lipinski definition) is 2. The molecule has 0 radical (unpaired) electrons. The van der Waals surface area contributed by atoms with E-state index < -0.39 is 0 Å². The van der Waals surface area contributed by atoms with Crippen LogP contribution in [-0.2, 0) is 0 Å². The van der Waals surface area contributed by atoms with Crippen LogP contribution in [0.4, 0.5) is 0 Å². The largest absolute Gasteiger partial charge is 0.481 e. The first-order valence-electron chi connectivity index (χ1n) is 6.68. The molecule has 5 nitrogen and oxygen atoms in total. The van der Waals surface area contributed by atoms with E-state index in [2.05, 4.69) is 10.4 Å². The van der Waals surface area contributed by atoms with Crippen molar-refractivity contribution >= 4 is 11.0 Å². The van der Waals surface area contributed by atoms with Crippen LogP contribution in [0.3, 0.4) is 0 Å². The molecule has 2 heterocycles. The molecule has 0 aliphatic heterocycles. The highest BCUT2D eigenvalue weighted by Gasteiger charge is 2.21. The van der Waals surface area contributed by atoms with Gasteiger partial charge in [-0.25, -0.2) is 10.4 Å². The lowest BCUT2D eigenvalue weighted by molar-refractivity contribution is 0.381. The number of nitrogens with one attached hydrogen (secondary N) is 1. The topological polar surface area (TPSA) is 73.3 Å². The number of nitrogens with two attached hydrogens (primary N) is 1. The number of fused-ring (bicyclic) bond motifs is 1. The van der Waals surface area contributed by atoms with Gasteiger partial charge in [-0.1, -0.05) is 18.2 Å². The summed E-state index contributed by atoms with van der Waals surface area (Å²) in [5, 5.41) is 1.05. The maximum absolute atomic E-state index is 5.98. The molecule has 1 aromatic carbocycles. The summed E-state index contributed by atoms with van der Waals surface area (Å²) >= 11 is 0. The average Bonchev–Trinajstić information content (AvgIpc) is 2.94. The highest BCUT2D eigenvalue weighted by atomic mass is 16.5. The Morgan fingerprint density at radius 2 is 2.14 bits per heavy atom. The maximum atomic E-state index is 5.98. The lowest BCUT2D eigenvalue weighted by atomic mass is 10.1. The van der Waals surface area contributed by atoms with Gasteiger partial charge in [-0.3, -0.25) is 5.84 Å². The number of methoxy groups -OCH3 is 1. The number of hydrogen-bond acceptors (Lipinski definition) is 5. The third-order valence-electron chi connectivity index (χ3n) is 3.52. The van der Waals surface area contributed by atoms with Crippen LogP contribution in [0, 0.1) is 6.92 Å². The fraction of sp³-hybridized carbons (Fsp3) is 0.188. The Bertz CT molecular complexity index is 767. The second-order valence-electron chi connectivity index (χ2n) is 4.84. The summed E-state index contributed by atoms with van der Waals surface area (Å²) in [7, 11) is 1.59. The van der Waals surface area contributed by atoms with Crippen LogP contribution in [0.1, 0.15) is 22.9 Å². The standard InChI is InChI=1S/C16H17N3O2/c1-10-5-3-6-11-9-13(21-15(10)11)14(19-17)12-7-4-8-18-16(12)20-2/h3-9,14,19H,17H2,1-2H3. The monoisotopic (exact) mass is 283 g/mol. The van der Waals surface area contributed by atoms with Crippen LogP contribution in [-0.4, -0.2) is 12.1 Å². The molecule has 5 heteroatoms. The Morgan fingerprint density at radius 3 is 2.86 bits per heavy atom. The molecule has 0 bridgehead atoms. The second kappa shape index (κ2) is 5.55. The zero-order valence-electron chi connectivity index (χ0n) is 12.0. The van der Waals surface area contributed by atoms with E-state index >= 15 is 0 Å². The number of aryl methyl sites for hydroxylation is 1. The lowest BCUT2D eigenvalue weighted by Crippen LogP contribution is -2.29. The molecule has 3 rings (SSSR count). The molecule has 21 heavy (non-hydrogen) atoms. The summed E-state index contributed by atoms with van der Waals surface area (Å²) < 4.78 is 11.3. The molecule has 0 spiro atoms.